The highest BCUT2D eigenvalue weighted by atomic mass is 16.7. The smallest absolute Gasteiger partial charge is 0.332 e. The van der Waals surface area contributed by atoms with Crippen molar-refractivity contribution < 1.29 is 29.7 Å². The van der Waals surface area contributed by atoms with Crippen LogP contribution in [0.5, 0.6) is 11.5 Å². The minimum atomic E-state index is -1.25. The summed E-state index contributed by atoms with van der Waals surface area (Å²) in [5.41, 5.74) is 1.59. The van der Waals surface area contributed by atoms with Gasteiger partial charge in [0.05, 0.1) is 5.56 Å². The van der Waals surface area contributed by atoms with Gasteiger partial charge in [-0.1, -0.05) is 0 Å². The molecule has 4 N–H and O–H groups in total. The van der Waals surface area contributed by atoms with Crippen molar-refractivity contribution in [1.29, 1.82) is 0 Å². The van der Waals surface area contributed by atoms with Crippen LogP contribution in [0.2, 0.25) is 0 Å². The largest absolute Gasteiger partial charge is 0.508 e. The lowest BCUT2D eigenvalue weighted by Crippen LogP contribution is -2.26. The van der Waals surface area contributed by atoms with Gasteiger partial charge in [-0.3, -0.25) is 9.63 Å². The third-order valence-electron chi connectivity index (χ3n) is 1.59. The minimum absolute atomic E-state index is 0.207. The molecule has 0 spiro atoms. The third kappa shape index (κ3) is 3.14. The number of hydrogen-bond donors (Lipinski definition) is 4. The van der Waals surface area contributed by atoms with Crippen molar-refractivity contribution in [3.63, 3.8) is 0 Å². The fourth-order valence-electron chi connectivity index (χ4n) is 0.924. The predicted octanol–water partition coefficient (Wildman–Crippen LogP) is -0.156. The van der Waals surface area contributed by atoms with E-state index in [2.05, 4.69) is 4.84 Å². The van der Waals surface area contributed by atoms with Gasteiger partial charge in [-0.2, -0.15) is 0 Å². The van der Waals surface area contributed by atoms with Crippen LogP contribution in [-0.2, 0) is 9.63 Å². The summed E-state index contributed by atoms with van der Waals surface area (Å²) in [6.07, 6.45) is 0. The van der Waals surface area contributed by atoms with Crippen LogP contribution in [0.15, 0.2) is 18.2 Å². The van der Waals surface area contributed by atoms with Gasteiger partial charge in [0.25, 0.3) is 5.91 Å². The van der Waals surface area contributed by atoms with E-state index in [-0.39, 0.29) is 17.1 Å². The first-order valence-corrected chi connectivity index (χ1v) is 4.16. The van der Waals surface area contributed by atoms with Crippen LogP contribution >= 0.6 is 0 Å². The number of phenolic OH excluding ortho intramolecular Hbond substituents is 2. The molecule has 0 saturated heterocycles. The predicted molar refractivity (Wildman–Crippen MR) is 50.8 cm³/mol. The van der Waals surface area contributed by atoms with E-state index < -0.39 is 18.5 Å². The lowest BCUT2D eigenvalue weighted by atomic mass is 10.2. The molecule has 0 radical (unpaired) electrons. The summed E-state index contributed by atoms with van der Waals surface area (Å²) < 4.78 is 0. The standard InChI is InChI=1S/C9H9NO6/c11-5-1-2-7(12)6(3-5)9(15)10-16-4-8(13)14/h1-3,11-12H,4H2,(H,10,15)(H,13,14). The number of benzene rings is 1. The van der Waals surface area contributed by atoms with Crippen LogP contribution in [0.1, 0.15) is 10.4 Å². The Morgan fingerprint density at radius 1 is 1.31 bits per heavy atom. The molecule has 0 aliphatic heterocycles. The molecule has 7 heteroatoms. The molecule has 0 bridgehead atoms. The molecule has 0 aromatic heterocycles. The molecule has 1 aromatic rings. The fraction of sp³-hybridized carbons (Fsp3) is 0.111. The van der Waals surface area contributed by atoms with Crippen LogP contribution in [0.3, 0.4) is 0 Å². The van der Waals surface area contributed by atoms with Crippen LogP contribution in [0.25, 0.3) is 0 Å². The third-order valence-corrected chi connectivity index (χ3v) is 1.59. The topological polar surface area (TPSA) is 116 Å². The lowest BCUT2D eigenvalue weighted by Gasteiger charge is -2.05. The highest BCUT2D eigenvalue weighted by Crippen LogP contribution is 2.21. The van der Waals surface area contributed by atoms with Crippen LogP contribution in [0, 0.1) is 0 Å². The van der Waals surface area contributed by atoms with Crippen LogP contribution in [0.4, 0.5) is 0 Å². The molecule has 1 amide bonds. The van der Waals surface area contributed by atoms with Crippen molar-refractivity contribution in [3.8, 4) is 11.5 Å². The monoisotopic (exact) mass is 227 g/mol. The number of rotatable bonds is 4. The Kier molecular flexibility index (Phi) is 3.67. The zero-order chi connectivity index (χ0) is 12.1. The summed E-state index contributed by atoms with van der Waals surface area (Å²) in [7, 11) is 0. The summed E-state index contributed by atoms with van der Waals surface area (Å²) in [5, 5.41) is 26.6. The molecule has 16 heavy (non-hydrogen) atoms. The second kappa shape index (κ2) is 4.99. The Bertz CT molecular complexity index is 416. The van der Waals surface area contributed by atoms with Gasteiger partial charge < -0.3 is 15.3 Å². The maximum atomic E-state index is 11.3. The summed E-state index contributed by atoms with van der Waals surface area (Å²) in [4.78, 5) is 25.7. The number of hydroxylamine groups is 1. The first-order valence-electron chi connectivity index (χ1n) is 4.16. The molecule has 7 nitrogen and oxygen atoms in total. The molecule has 0 fully saturated rings. The number of carbonyl (C=O) groups is 2. The van der Waals surface area contributed by atoms with Crippen molar-refractivity contribution in [2.45, 2.75) is 0 Å². The highest BCUT2D eigenvalue weighted by molar-refractivity contribution is 5.96. The van der Waals surface area contributed by atoms with Gasteiger partial charge in [0, 0.05) is 0 Å². The Labute approximate surface area is 89.8 Å². The summed E-state index contributed by atoms with van der Waals surface area (Å²) in [5.74, 6) is -2.66. The SMILES string of the molecule is O=C(O)CONC(=O)c1cc(O)ccc1O. The highest BCUT2D eigenvalue weighted by Gasteiger charge is 2.12. The van der Waals surface area contributed by atoms with Crippen molar-refractivity contribution >= 4 is 11.9 Å². The number of hydrogen-bond acceptors (Lipinski definition) is 5. The summed E-state index contributed by atoms with van der Waals surface area (Å²) in [6.45, 7) is -0.703. The van der Waals surface area contributed by atoms with Crippen LogP contribution in [-0.4, -0.2) is 33.8 Å². The Balaban J connectivity index is 2.65. The fourth-order valence-corrected chi connectivity index (χ4v) is 0.924. The zero-order valence-corrected chi connectivity index (χ0v) is 8.01. The molecule has 0 aliphatic rings. The van der Waals surface area contributed by atoms with E-state index in [4.69, 9.17) is 10.2 Å². The Morgan fingerprint density at radius 2 is 2.00 bits per heavy atom. The second-order valence-corrected chi connectivity index (χ2v) is 2.82. The van der Waals surface area contributed by atoms with E-state index in [1.807, 2.05) is 5.48 Å². The maximum Gasteiger partial charge on any atom is 0.332 e. The van der Waals surface area contributed by atoms with Crippen molar-refractivity contribution in [1.82, 2.24) is 5.48 Å². The summed E-state index contributed by atoms with van der Waals surface area (Å²) >= 11 is 0. The van der Waals surface area contributed by atoms with Gasteiger partial charge in [0.1, 0.15) is 11.5 Å². The summed E-state index contributed by atoms with van der Waals surface area (Å²) in [6, 6.07) is 3.35. The van der Waals surface area contributed by atoms with E-state index in [0.717, 1.165) is 12.1 Å². The molecule has 0 saturated carbocycles. The first-order chi connectivity index (χ1) is 7.50. The van der Waals surface area contributed by atoms with Crippen molar-refractivity contribution in [3.05, 3.63) is 23.8 Å². The van der Waals surface area contributed by atoms with Crippen molar-refractivity contribution in [2.75, 3.05) is 6.61 Å². The molecule has 0 heterocycles. The number of nitrogens with one attached hydrogen (secondary N) is 1. The molecule has 0 unspecified atom stereocenters. The van der Waals surface area contributed by atoms with E-state index in [1.54, 1.807) is 0 Å². The van der Waals surface area contributed by atoms with Gasteiger partial charge in [0.15, 0.2) is 6.61 Å². The molecule has 0 aliphatic carbocycles. The first kappa shape index (κ1) is 11.8. The van der Waals surface area contributed by atoms with E-state index in [1.165, 1.54) is 6.07 Å². The quantitative estimate of drug-likeness (QED) is 0.419. The van der Waals surface area contributed by atoms with Crippen LogP contribution < -0.4 is 5.48 Å². The molecule has 1 aromatic carbocycles. The molecule has 0 atom stereocenters. The number of carbonyl (C=O) groups excluding carboxylic acids is 1. The Hall–Kier alpha value is -2.28. The average molecular weight is 227 g/mol. The maximum absolute atomic E-state index is 11.3. The van der Waals surface area contributed by atoms with Gasteiger partial charge in [-0.25, -0.2) is 10.3 Å². The van der Waals surface area contributed by atoms with Crippen molar-refractivity contribution in [2.24, 2.45) is 0 Å². The van der Waals surface area contributed by atoms with E-state index in [0.29, 0.717) is 0 Å². The van der Waals surface area contributed by atoms with Gasteiger partial charge in [-0.15, -0.1) is 0 Å². The number of amides is 1. The number of aliphatic carboxylic acids is 1. The van der Waals surface area contributed by atoms with Gasteiger partial charge in [-0.05, 0) is 18.2 Å². The molecular formula is C9H9NO6. The Morgan fingerprint density at radius 3 is 2.62 bits per heavy atom. The normalized spacial score (nSPS) is 9.75. The molecular weight excluding hydrogens is 218 g/mol. The number of carboxylic acid groups (broad SMARTS) is 1. The molecule has 86 valence electrons. The number of aromatic hydroxyl groups is 2. The zero-order valence-electron chi connectivity index (χ0n) is 8.01. The average Bonchev–Trinajstić information content (AvgIpc) is 2.21. The van der Waals surface area contributed by atoms with Gasteiger partial charge >= 0.3 is 5.97 Å². The number of phenols is 2. The van der Waals surface area contributed by atoms with E-state index in [9.17, 15) is 14.7 Å². The number of carboxylic acids is 1. The minimum Gasteiger partial charge on any atom is -0.508 e. The molecule has 1 rings (SSSR count). The second-order valence-electron chi connectivity index (χ2n) is 2.82. The lowest BCUT2D eigenvalue weighted by molar-refractivity contribution is -0.144. The van der Waals surface area contributed by atoms with Gasteiger partial charge in [0.2, 0.25) is 0 Å². The van der Waals surface area contributed by atoms with E-state index >= 15 is 0 Å².